The van der Waals surface area contributed by atoms with Crippen molar-refractivity contribution >= 4 is 17.5 Å². The van der Waals surface area contributed by atoms with Crippen LogP contribution in [0.1, 0.15) is 13.3 Å². The van der Waals surface area contributed by atoms with Crippen LogP contribution in [0.15, 0.2) is 60.2 Å². The summed E-state index contributed by atoms with van der Waals surface area (Å²) in [5.74, 6) is 3.81. The number of anilines is 2. The number of hydrogen-bond donors (Lipinski definition) is 1. The second kappa shape index (κ2) is 11.6. The fourth-order valence-electron chi connectivity index (χ4n) is 4.50. The average Bonchev–Trinajstić information content (AvgIpc) is 3.32. The highest BCUT2D eigenvalue weighted by molar-refractivity contribution is 6.05. The first-order chi connectivity index (χ1) is 18.9. The molecular weight excluding hydrogens is 494 g/mol. The molecule has 5 rings (SSSR count). The Labute approximate surface area is 228 Å². The Bertz CT molecular complexity index is 1370. The van der Waals surface area contributed by atoms with Crippen LogP contribution in [0.25, 0.3) is 22.5 Å². The number of piperazine rings is 1. The molecule has 3 aromatic rings. The molecule has 0 radical (unpaired) electrons. The summed E-state index contributed by atoms with van der Waals surface area (Å²) in [6.45, 7) is 10.3. The number of amidine groups is 1. The molecule has 11 nitrogen and oxygen atoms in total. The van der Waals surface area contributed by atoms with Crippen molar-refractivity contribution in [2.75, 3.05) is 57.1 Å². The molecule has 3 aromatic heterocycles. The summed E-state index contributed by atoms with van der Waals surface area (Å²) in [5.41, 5.74) is 2.39. The van der Waals surface area contributed by atoms with E-state index in [1.807, 2.05) is 26.2 Å². The SMILES string of the molecule is C=C/C1=C\C(=NC)Nc2nc(ncc2-c2ccc(N3CCN(C)CC3)nc2)-c2cnn(C)c2OCC[C@H](C)O1. The highest BCUT2D eigenvalue weighted by Crippen LogP contribution is 2.32. The molecule has 0 spiro atoms. The lowest BCUT2D eigenvalue weighted by molar-refractivity contribution is 0.113. The number of nitrogens with zero attached hydrogens (tertiary/aromatic N) is 8. The summed E-state index contributed by atoms with van der Waals surface area (Å²) >= 11 is 0. The van der Waals surface area contributed by atoms with Gasteiger partial charge in [-0.15, -0.1) is 0 Å². The molecule has 0 aliphatic carbocycles. The molecule has 0 saturated carbocycles. The van der Waals surface area contributed by atoms with Gasteiger partial charge in [-0.25, -0.2) is 19.6 Å². The van der Waals surface area contributed by atoms with Crippen molar-refractivity contribution in [2.24, 2.45) is 12.0 Å². The molecule has 204 valence electrons. The van der Waals surface area contributed by atoms with Crippen molar-refractivity contribution in [3.05, 3.63) is 55.2 Å². The Kier molecular flexibility index (Phi) is 7.87. The number of aryl methyl sites for hydroxylation is 1. The maximum absolute atomic E-state index is 6.11. The minimum atomic E-state index is -0.0958. The molecular formula is C28H35N9O2. The summed E-state index contributed by atoms with van der Waals surface area (Å²) in [4.78, 5) is 23.4. The number of allylic oxidation sites excluding steroid dienone is 1. The highest BCUT2D eigenvalue weighted by atomic mass is 16.5. The van der Waals surface area contributed by atoms with Crippen molar-refractivity contribution in [3.63, 3.8) is 0 Å². The number of aliphatic imine (C=N–C) groups is 1. The molecule has 11 heteroatoms. The lowest BCUT2D eigenvalue weighted by Crippen LogP contribution is -2.44. The second-order valence-electron chi connectivity index (χ2n) is 9.69. The van der Waals surface area contributed by atoms with Gasteiger partial charge in [0, 0.05) is 76.3 Å². The zero-order chi connectivity index (χ0) is 27.4. The Morgan fingerprint density at radius 2 is 1.90 bits per heavy atom. The monoisotopic (exact) mass is 529 g/mol. The molecule has 2 aliphatic rings. The molecule has 5 heterocycles. The van der Waals surface area contributed by atoms with E-state index in [9.17, 15) is 0 Å². The van der Waals surface area contributed by atoms with Crippen molar-refractivity contribution in [2.45, 2.75) is 19.4 Å². The molecule has 0 aromatic carbocycles. The van der Waals surface area contributed by atoms with Gasteiger partial charge in [-0.2, -0.15) is 5.10 Å². The van der Waals surface area contributed by atoms with E-state index in [0.29, 0.717) is 47.7 Å². The smallest absolute Gasteiger partial charge is 0.222 e. The first-order valence-electron chi connectivity index (χ1n) is 13.1. The van der Waals surface area contributed by atoms with E-state index in [0.717, 1.165) is 43.1 Å². The summed E-state index contributed by atoms with van der Waals surface area (Å²) < 4.78 is 13.9. The molecule has 2 aliphatic heterocycles. The van der Waals surface area contributed by atoms with Gasteiger partial charge in [-0.1, -0.05) is 6.58 Å². The van der Waals surface area contributed by atoms with Gasteiger partial charge < -0.3 is 24.6 Å². The largest absolute Gasteiger partial charge is 0.490 e. The first kappa shape index (κ1) is 26.4. The normalized spacial score (nSPS) is 21.0. The molecule has 1 fully saturated rings. The fourth-order valence-corrected chi connectivity index (χ4v) is 4.50. The second-order valence-corrected chi connectivity index (χ2v) is 9.69. The first-order valence-corrected chi connectivity index (χ1v) is 13.1. The van der Waals surface area contributed by atoms with Crippen LogP contribution in [0, 0.1) is 0 Å². The molecule has 2 bridgehead atoms. The third-order valence-electron chi connectivity index (χ3n) is 6.87. The molecule has 1 atom stereocenters. The lowest BCUT2D eigenvalue weighted by Gasteiger charge is -2.33. The molecule has 1 saturated heterocycles. The number of rotatable bonds is 3. The summed E-state index contributed by atoms with van der Waals surface area (Å²) in [6, 6.07) is 4.11. The van der Waals surface area contributed by atoms with Gasteiger partial charge in [0.05, 0.1) is 18.9 Å². The van der Waals surface area contributed by atoms with E-state index in [1.54, 1.807) is 30.2 Å². The molecule has 39 heavy (non-hydrogen) atoms. The predicted octanol–water partition coefficient (Wildman–Crippen LogP) is 3.39. The van der Waals surface area contributed by atoms with Crippen LogP contribution < -0.4 is 15.0 Å². The van der Waals surface area contributed by atoms with Crippen molar-refractivity contribution in [3.8, 4) is 28.4 Å². The summed E-state index contributed by atoms with van der Waals surface area (Å²) in [7, 11) is 5.70. The predicted molar refractivity (Wildman–Crippen MR) is 153 cm³/mol. The van der Waals surface area contributed by atoms with Crippen molar-refractivity contribution in [1.29, 1.82) is 0 Å². The maximum Gasteiger partial charge on any atom is 0.222 e. The fraction of sp³-hybridized carbons (Fsp3) is 0.393. The van der Waals surface area contributed by atoms with Crippen LogP contribution in [0.2, 0.25) is 0 Å². The minimum Gasteiger partial charge on any atom is -0.490 e. The van der Waals surface area contributed by atoms with Crippen molar-refractivity contribution in [1.82, 2.24) is 29.6 Å². The standard InChI is InChI=1S/C28H35N9O2/c1-6-21-15-24(29-3)33-27-22(20-7-8-25(30-16-20)37-12-10-35(4)11-13-37)17-31-26(34-27)23-18-32-36(5)28(23)38-14-9-19(2)39-21/h6-8,15-19H,1,9-14H2,2-5H3,(H,29,31,33,34)/b21-15+/t19-/m0/s1. The highest BCUT2D eigenvalue weighted by Gasteiger charge is 2.20. The van der Waals surface area contributed by atoms with Crippen LogP contribution in [-0.2, 0) is 11.8 Å². The van der Waals surface area contributed by atoms with Gasteiger partial charge in [0.2, 0.25) is 5.88 Å². The number of likely N-dealkylation sites (N-methyl/N-ethyl adjacent to an activating group) is 1. The number of ether oxygens (including phenoxy) is 2. The van der Waals surface area contributed by atoms with E-state index < -0.39 is 0 Å². The van der Waals surface area contributed by atoms with Crippen LogP contribution in [0.4, 0.5) is 11.6 Å². The Morgan fingerprint density at radius 1 is 1.08 bits per heavy atom. The minimum absolute atomic E-state index is 0.0958. The topological polar surface area (TPSA) is 106 Å². The number of fused-ring (bicyclic) bond motifs is 4. The maximum atomic E-state index is 6.11. The van der Waals surface area contributed by atoms with Gasteiger partial charge in [0.15, 0.2) is 5.82 Å². The Morgan fingerprint density at radius 3 is 2.62 bits per heavy atom. The third kappa shape index (κ3) is 5.93. The summed E-state index contributed by atoms with van der Waals surface area (Å²) in [6.07, 6.45) is 9.44. The summed E-state index contributed by atoms with van der Waals surface area (Å²) in [5, 5.41) is 7.76. The van der Waals surface area contributed by atoms with Crippen LogP contribution >= 0.6 is 0 Å². The molecule has 0 unspecified atom stereocenters. The quantitative estimate of drug-likeness (QED) is 0.546. The van der Waals surface area contributed by atoms with E-state index >= 15 is 0 Å². The number of aromatic nitrogens is 5. The Hall–Kier alpha value is -4.25. The lowest BCUT2D eigenvalue weighted by atomic mass is 10.1. The van der Waals surface area contributed by atoms with E-state index in [4.69, 9.17) is 24.4 Å². The van der Waals surface area contributed by atoms with Gasteiger partial charge >= 0.3 is 0 Å². The zero-order valence-corrected chi connectivity index (χ0v) is 23.0. The van der Waals surface area contributed by atoms with Crippen LogP contribution in [0.3, 0.4) is 0 Å². The zero-order valence-electron chi connectivity index (χ0n) is 23.0. The number of pyridine rings is 1. The van der Waals surface area contributed by atoms with E-state index in [2.05, 4.69) is 51.0 Å². The van der Waals surface area contributed by atoms with Crippen molar-refractivity contribution < 1.29 is 9.47 Å². The van der Waals surface area contributed by atoms with Crippen LogP contribution in [-0.4, -0.2) is 88.5 Å². The molecule has 0 amide bonds. The third-order valence-corrected chi connectivity index (χ3v) is 6.87. The van der Waals surface area contributed by atoms with Gasteiger partial charge in [0.1, 0.15) is 28.8 Å². The van der Waals surface area contributed by atoms with Gasteiger partial charge in [-0.3, -0.25) is 4.99 Å². The average molecular weight is 530 g/mol. The van der Waals surface area contributed by atoms with Gasteiger partial charge in [0.25, 0.3) is 0 Å². The molecule has 1 N–H and O–H groups in total. The number of hydrogen-bond acceptors (Lipinski definition) is 9. The number of nitrogens with one attached hydrogen (secondary N) is 1. The van der Waals surface area contributed by atoms with E-state index in [-0.39, 0.29) is 6.10 Å². The Balaban J connectivity index is 1.55. The van der Waals surface area contributed by atoms with Crippen LogP contribution in [0.5, 0.6) is 5.88 Å². The van der Waals surface area contributed by atoms with Gasteiger partial charge in [-0.05, 0) is 32.2 Å². The van der Waals surface area contributed by atoms with E-state index in [1.165, 1.54) is 0 Å².